The van der Waals surface area contributed by atoms with Gasteiger partial charge in [0.25, 0.3) is 0 Å². The highest BCUT2D eigenvalue weighted by atomic mass is 127. The Labute approximate surface area is 212 Å². The van der Waals surface area contributed by atoms with Crippen LogP contribution in [0.2, 0.25) is 0 Å². The third-order valence-corrected chi connectivity index (χ3v) is 5.50. The Morgan fingerprint density at radius 2 is 1.73 bits per heavy atom. The van der Waals surface area contributed by atoms with Crippen LogP contribution in [0.25, 0.3) is 0 Å². The smallest absolute Gasteiger partial charge is 0.194 e. The number of nitrogens with one attached hydrogen (secondary N) is 1. The van der Waals surface area contributed by atoms with E-state index >= 15 is 0 Å². The van der Waals surface area contributed by atoms with Gasteiger partial charge in [-0.15, -0.1) is 24.0 Å². The molecule has 0 spiro atoms. The van der Waals surface area contributed by atoms with Crippen LogP contribution in [0.5, 0.6) is 11.5 Å². The molecule has 2 heterocycles. The molecule has 8 heteroatoms. The zero-order valence-corrected chi connectivity index (χ0v) is 21.1. The van der Waals surface area contributed by atoms with Gasteiger partial charge in [0.1, 0.15) is 18.1 Å². The standard InChI is InChI=1S/C25H29N5O2.HI/c1-26-25(30-16-14-29(15-17-30)23-7-2-3-8-24(23)31)28-18-20-9-11-22(12-10-20)32-19-21-6-4-5-13-27-21;/h2-13,31H,14-19H2,1H3,(H,26,28);1H. The summed E-state index contributed by atoms with van der Waals surface area (Å²) >= 11 is 0. The maximum atomic E-state index is 10.1. The molecule has 0 bridgehead atoms. The lowest BCUT2D eigenvalue weighted by Crippen LogP contribution is -2.52. The minimum absolute atomic E-state index is 0. The average Bonchev–Trinajstić information content (AvgIpc) is 2.85. The van der Waals surface area contributed by atoms with Crippen molar-refractivity contribution in [3.05, 3.63) is 84.2 Å². The number of aromatic hydroxyl groups is 1. The fourth-order valence-electron chi connectivity index (χ4n) is 3.75. The Balaban J connectivity index is 0.00000306. The van der Waals surface area contributed by atoms with Crippen molar-refractivity contribution in [1.82, 2.24) is 15.2 Å². The average molecular weight is 559 g/mol. The van der Waals surface area contributed by atoms with Crippen LogP contribution in [0.15, 0.2) is 77.9 Å². The van der Waals surface area contributed by atoms with Crippen molar-refractivity contribution >= 4 is 35.6 Å². The number of phenolic OH excluding ortho intramolecular Hbond substituents is 1. The SMILES string of the molecule is CN=C(NCc1ccc(OCc2ccccn2)cc1)N1CCN(c2ccccc2O)CC1.I. The van der Waals surface area contributed by atoms with E-state index in [4.69, 9.17) is 4.74 Å². The molecule has 0 amide bonds. The predicted molar refractivity (Wildman–Crippen MR) is 143 cm³/mol. The summed E-state index contributed by atoms with van der Waals surface area (Å²) in [4.78, 5) is 13.2. The fourth-order valence-corrected chi connectivity index (χ4v) is 3.75. The Morgan fingerprint density at radius 1 is 1.00 bits per heavy atom. The van der Waals surface area contributed by atoms with Crippen molar-refractivity contribution in [2.24, 2.45) is 4.99 Å². The first-order chi connectivity index (χ1) is 15.7. The molecule has 0 saturated carbocycles. The van der Waals surface area contributed by atoms with Gasteiger partial charge in [-0.25, -0.2) is 0 Å². The molecule has 174 valence electrons. The van der Waals surface area contributed by atoms with Gasteiger partial charge < -0.3 is 25.0 Å². The molecule has 4 rings (SSSR count). The van der Waals surface area contributed by atoms with Crippen LogP contribution in [0.3, 0.4) is 0 Å². The van der Waals surface area contributed by atoms with Gasteiger partial charge in [-0.05, 0) is 42.0 Å². The molecule has 0 radical (unpaired) electrons. The summed E-state index contributed by atoms with van der Waals surface area (Å²) in [7, 11) is 1.81. The summed E-state index contributed by atoms with van der Waals surface area (Å²) in [6, 6.07) is 21.4. The van der Waals surface area contributed by atoms with Gasteiger partial charge in [0.2, 0.25) is 0 Å². The number of aliphatic imine (C=N–C) groups is 1. The summed E-state index contributed by atoms with van der Waals surface area (Å²) in [5.74, 6) is 2.04. The van der Waals surface area contributed by atoms with Crippen molar-refractivity contribution in [3.63, 3.8) is 0 Å². The number of ether oxygens (including phenoxy) is 1. The molecule has 0 aliphatic carbocycles. The number of nitrogens with zero attached hydrogens (tertiary/aromatic N) is 4. The van der Waals surface area contributed by atoms with Crippen molar-refractivity contribution in [2.45, 2.75) is 13.2 Å². The maximum absolute atomic E-state index is 10.1. The third kappa shape index (κ3) is 6.74. The lowest BCUT2D eigenvalue weighted by molar-refractivity contribution is 0.301. The minimum atomic E-state index is 0. The number of benzene rings is 2. The van der Waals surface area contributed by atoms with Crippen molar-refractivity contribution < 1.29 is 9.84 Å². The Hall–Kier alpha value is -3.01. The number of pyridine rings is 1. The molecule has 1 saturated heterocycles. The zero-order chi connectivity index (χ0) is 22.2. The summed E-state index contributed by atoms with van der Waals surface area (Å²) in [5.41, 5.74) is 2.95. The lowest BCUT2D eigenvalue weighted by atomic mass is 10.2. The van der Waals surface area contributed by atoms with Gasteiger partial charge in [0.15, 0.2) is 5.96 Å². The van der Waals surface area contributed by atoms with E-state index in [1.807, 2.05) is 55.6 Å². The molecule has 3 aromatic rings. The highest BCUT2D eigenvalue weighted by Gasteiger charge is 2.21. The van der Waals surface area contributed by atoms with E-state index in [0.717, 1.165) is 54.8 Å². The van der Waals surface area contributed by atoms with Gasteiger partial charge in [-0.2, -0.15) is 0 Å². The molecule has 0 unspecified atom stereocenters. The van der Waals surface area contributed by atoms with E-state index in [-0.39, 0.29) is 24.0 Å². The largest absolute Gasteiger partial charge is 0.506 e. The van der Waals surface area contributed by atoms with Gasteiger partial charge in [-0.3, -0.25) is 9.98 Å². The maximum Gasteiger partial charge on any atom is 0.194 e. The van der Waals surface area contributed by atoms with E-state index in [0.29, 0.717) is 18.9 Å². The Bertz CT molecular complexity index is 1020. The molecule has 2 N–H and O–H groups in total. The summed E-state index contributed by atoms with van der Waals surface area (Å²) < 4.78 is 5.81. The first-order valence-electron chi connectivity index (χ1n) is 10.8. The van der Waals surface area contributed by atoms with Gasteiger partial charge in [0, 0.05) is 46.0 Å². The number of guanidine groups is 1. The second-order valence-corrected chi connectivity index (χ2v) is 7.62. The van der Waals surface area contributed by atoms with E-state index in [1.165, 1.54) is 0 Å². The first-order valence-corrected chi connectivity index (χ1v) is 10.8. The first kappa shape index (κ1) is 24.6. The predicted octanol–water partition coefficient (Wildman–Crippen LogP) is 3.88. The number of aromatic nitrogens is 1. The number of phenols is 1. The zero-order valence-electron chi connectivity index (χ0n) is 18.7. The van der Waals surface area contributed by atoms with Gasteiger partial charge in [-0.1, -0.05) is 30.3 Å². The molecule has 1 aliphatic heterocycles. The molecule has 1 aromatic heterocycles. The molecule has 33 heavy (non-hydrogen) atoms. The number of rotatable bonds is 6. The van der Waals surface area contributed by atoms with E-state index in [2.05, 4.69) is 37.2 Å². The molecule has 0 atom stereocenters. The second-order valence-electron chi connectivity index (χ2n) is 7.62. The van der Waals surface area contributed by atoms with Crippen LogP contribution in [0.4, 0.5) is 5.69 Å². The Kier molecular flexibility index (Phi) is 9.17. The summed E-state index contributed by atoms with van der Waals surface area (Å²) in [6.07, 6.45) is 1.77. The van der Waals surface area contributed by atoms with Crippen LogP contribution in [-0.2, 0) is 13.2 Å². The number of halogens is 1. The quantitative estimate of drug-likeness (QED) is 0.272. The highest BCUT2D eigenvalue weighted by Crippen LogP contribution is 2.27. The molecule has 2 aromatic carbocycles. The van der Waals surface area contributed by atoms with Gasteiger partial charge >= 0.3 is 0 Å². The van der Waals surface area contributed by atoms with Crippen molar-refractivity contribution in [3.8, 4) is 11.5 Å². The monoisotopic (exact) mass is 559 g/mol. The molecular formula is C25H30IN5O2. The molecule has 1 fully saturated rings. The summed E-state index contributed by atoms with van der Waals surface area (Å²) in [5, 5.41) is 13.6. The number of anilines is 1. The van der Waals surface area contributed by atoms with Crippen LogP contribution >= 0.6 is 24.0 Å². The van der Waals surface area contributed by atoms with Crippen molar-refractivity contribution in [1.29, 1.82) is 0 Å². The van der Waals surface area contributed by atoms with E-state index in [1.54, 1.807) is 12.3 Å². The molecule has 7 nitrogen and oxygen atoms in total. The van der Waals surface area contributed by atoms with Gasteiger partial charge in [0.05, 0.1) is 11.4 Å². The van der Waals surface area contributed by atoms with E-state index < -0.39 is 0 Å². The minimum Gasteiger partial charge on any atom is -0.506 e. The van der Waals surface area contributed by atoms with Crippen LogP contribution < -0.4 is 15.0 Å². The number of para-hydroxylation sites is 2. The van der Waals surface area contributed by atoms with Crippen molar-refractivity contribution in [2.75, 3.05) is 38.1 Å². The van der Waals surface area contributed by atoms with Crippen LogP contribution in [0, 0.1) is 0 Å². The normalized spacial score (nSPS) is 13.9. The molecule has 1 aliphatic rings. The second kappa shape index (κ2) is 12.3. The number of hydrogen-bond donors (Lipinski definition) is 2. The topological polar surface area (TPSA) is 73.2 Å². The Morgan fingerprint density at radius 3 is 2.39 bits per heavy atom. The van der Waals surface area contributed by atoms with Crippen LogP contribution in [-0.4, -0.2) is 54.2 Å². The lowest BCUT2D eigenvalue weighted by Gasteiger charge is -2.37. The highest BCUT2D eigenvalue weighted by molar-refractivity contribution is 14.0. The fraction of sp³-hybridized carbons (Fsp3) is 0.280. The summed E-state index contributed by atoms with van der Waals surface area (Å²) in [6.45, 7) is 4.49. The van der Waals surface area contributed by atoms with Crippen LogP contribution in [0.1, 0.15) is 11.3 Å². The molecular weight excluding hydrogens is 529 g/mol. The number of hydrogen-bond acceptors (Lipinski definition) is 5. The number of piperazine rings is 1. The van der Waals surface area contributed by atoms with E-state index in [9.17, 15) is 5.11 Å². The third-order valence-electron chi connectivity index (χ3n) is 5.50.